The minimum absolute atomic E-state index is 0.00861. The number of aliphatic hydroxyl groups excluding tert-OH is 1. The summed E-state index contributed by atoms with van der Waals surface area (Å²) in [5, 5.41) is 15.1. The minimum Gasteiger partial charge on any atom is -0.493 e. The first-order chi connectivity index (χ1) is 25.2. The highest BCUT2D eigenvalue weighted by molar-refractivity contribution is 6.06. The van der Waals surface area contributed by atoms with Gasteiger partial charge in [0.2, 0.25) is 0 Å². The number of amides is 3. The lowest BCUT2D eigenvalue weighted by atomic mass is 10.0. The van der Waals surface area contributed by atoms with Crippen LogP contribution in [0.4, 0.5) is 16.2 Å². The highest BCUT2D eigenvalue weighted by Gasteiger charge is 2.58. The molecule has 4 aliphatic heterocycles. The maximum absolute atomic E-state index is 13.9. The lowest BCUT2D eigenvalue weighted by molar-refractivity contribution is 0.0496. The Morgan fingerprint density at radius 3 is 2.13 bits per heavy atom. The van der Waals surface area contributed by atoms with Crippen LogP contribution in [0.1, 0.15) is 78.5 Å². The summed E-state index contributed by atoms with van der Waals surface area (Å²) in [5.41, 5.74) is 2.21. The number of nitrogens with one attached hydrogen (secondary N) is 1. The number of ether oxygens (including phenoxy) is 5. The molecule has 2 saturated carbocycles. The van der Waals surface area contributed by atoms with Crippen molar-refractivity contribution in [3.8, 4) is 23.0 Å². The summed E-state index contributed by atoms with van der Waals surface area (Å²) in [4.78, 5) is 45.6. The molecule has 0 aromatic heterocycles. The summed E-state index contributed by atoms with van der Waals surface area (Å²) >= 11 is 0. The Morgan fingerprint density at radius 1 is 0.865 bits per heavy atom. The molecule has 52 heavy (non-hydrogen) atoms. The van der Waals surface area contributed by atoms with Gasteiger partial charge in [0.15, 0.2) is 29.2 Å². The summed E-state index contributed by atoms with van der Waals surface area (Å²) < 4.78 is 28.9. The van der Waals surface area contributed by atoms with Crippen LogP contribution in [-0.4, -0.2) is 105 Å². The Labute approximate surface area is 303 Å². The number of benzene rings is 2. The van der Waals surface area contributed by atoms with Crippen LogP contribution in [0, 0.1) is 10.8 Å². The average molecular weight is 717 g/mol. The van der Waals surface area contributed by atoms with Crippen LogP contribution in [0.15, 0.2) is 36.9 Å². The van der Waals surface area contributed by atoms with Crippen molar-refractivity contribution in [3.63, 3.8) is 0 Å². The highest BCUT2D eigenvalue weighted by atomic mass is 16.6. The van der Waals surface area contributed by atoms with Gasteiger partial charge in [0.1, 0.15) is 6.61 Å². The summed E-state index contributed by atoms with van der Waals surface area (Å²) in [5.74, 6) is 1.63. The van der Waals surface area contributed by atoms with Crippen LogP contribution < -0.4 is 29.2 Å². The first-order valence-corrected chi connectivity index (χ1v) is 18.5. The zero-order chi connectivity index (χ0) is 36.2. The van der Waals surface area contributed by atoms with Gasteiger partial charge in [-0.15, -0.1) is 0 Å². The molecule has 2 aromatic carbocycles. The molecule has 2 aromatic rings. The van der Waals surface area contributed by atoms with E-state index in [0.717, 1.165) is 50.9 Å². The number of aliphatic hydroxyl groups is 1. The number of carbonyl (C=O) groups excluding carboxylic acids is 3. The zero-order valence-electron chi connectivity index (χ0n) is 30.0. The van der Waals surface area contributed by atoms with Crippen molar-refractivity contribution >= 4 is 29.3 Å². The van der Waals surface area contributed by atoms with Crippen molar-refractivity contribution in [2.75, 3.05) is 63.9 Å². The largest absolute Gasteiger partial charge is 0.493 e. The Kier molecular flexibility index (Phi) is 8.87. The summed E-state index contributed by atoms with van der Waals surface area (Å²) in [6.45, 7) is 6.49. The van der Waals surface area contributed by atoms with Crippen molar-refractivity contribution < 1.29 is 43.2 Å². The molecule has 13 heteroatoms. The monoisotopic (exact) mass is 716 g/mol. The van der Waals surface area contributed by atoms with Crippen LogP contribution in [-0.2, 0) is 4.74 Å². The number of hydrogen-bond donors (Lipinski definition) is 2. The van der Waals surface area contributed by atoms with Crippen LogP contribution in [0.2, 0.25) is 0 Å². The number of nitrogens with zero attached hydrogens (tertiary/aromatic N) is 3. The van der Waals surface area contributed by atoms with Gasteiger partial charge in [0.25, 0.3) is 11.8 Å². The molecule has 3 atom stereocenters. The second kappa shape index (κ2) is 13.4. The molecule has 0 bridgehead atoms. The summed E-state index contributed by atoms with van der Waals surface area (Å²) in [6.07, 6.45) is 7.75. The fourth-order valence-corrected chi connectivity index (χ4v) is 8.60. The Morgan fingerprint density at radius 2 is 1.48 bits per heavy atom. The Hall–Kier alpha value is -4.65. The molecule has 4 heterocycles. The molecule has 3 amide bonds. The van der Waals surface area contributed by atoms with Crippen molar-refractivity contribution in [2.45, 2.75) is 76.1 Å². The molecule has 2 spiro atoms. The second-order valence-corrected chi connectivity index (χ2v) is 15.4. The maximum atomic E-state index is 13.9. The molecule has 6 aliphatic rings. The molecule has 278 valence electrons. The topological polar surface area (TPSA) is 139 Å². The summed E-state index contributed by atoms with van der Waals surface area (Å²) in [7, 11) is 3.09. The third-order valence-electron chi connectivity index (χ3n) is 11.9. The highest BCUT2D eigenvalue weighted by Crippen LogP contribution is 2.57. The number of rotatable bonds is 12. The smallest absolute Gasteiger partial charge is 0.416 e. The molecule has 2 aliphatic carbocycles. The third-order valence-corrected chi connectivity index (χ3v) is 11.9. The van der Waals surface area contributed by atoms with E-state index in [-0.39, 0.29) is 41.1 Å². The van der Waals surface area contributed by atoms with Gasteiger partial charge in [0.05, 0.1) is 56.0 Å². The van der Waals surface area contributed by atoms with Crippen LogP contribution >= 0.6 is 0 Å². The van der Waals surface area contributed by atoms with Gasteiger partial charge in [-0.1, -0.05) is 12.7 Å². The maximum Gasteiger partial charge on any atom is 0.416 e. The van der Waals surface area contributed by atoms with E-state index in [4.69, 9.17) is 23.7 Å². The third kappa shape index (κ3) is 6.16. The SMILES string of the molecule is C=CCOC(=O)N1c2cc(OCCCCCOc3cc4c(cc3OC)C(=O)N3CC5(CC5)C[C@H]3CN4)c(OC)cc2C(=O)N2CC3(CC3)C[C@H]2C1O. The fourth-order valence-electron chi connectivity index (χ4n) is 8.60. The molecular formula is C39H48N4O9. The number of unbranched alkanes of at least 4 members (excludes halogenated alkanes) is 2. The van der Waals surface area contributed by atoms with Crippen molar-refractivity contribution in [1.82, 2.24) is 9.80 Å². The minimum atomic E-state index is -1.29. The molecular weight excluding hydrogens is 668 g/mol. The van der Waals surface area contributed by atoms with Crippen LogP contribution in [0.25, 0.3) is 0 Å². The zero-order valence-corrected chi connectivity index (χ0v) is 30.0. The lowest BCUT2D eigenvalue weighted by Crippen LogP contribution is -2.50. The predicted molar refractivity (Wildman–Crippen MR) is 192 cm³/mol. The van der Waals surface area contributed by atoms with E-state index in [1.807, 2.05) is 11.0 Å². The van der Waals surface area contributed by atoms with Gasteiger partial charge >= 0.3 is 6.09 Å². The van der Waals surface area contributed by atoms with E-state index in [0.29, 0.717) is 66.6 Å². The Balaban J connectivity index is 0.896. The van der Waals surface area contributed by atoms with E-state index in [1.165, 1.54) is 30.9 Å². The first kappa shape index (κ1) is 34.4. The lowest BCUT2D eigenvalue weighted by Gasteiger charge is -2.31. The molecule has 2 N–H and O–H groups in total. The van der Waals surface area contributed by atoms with Crippen LogP contribution in [0.5, 0.6) is 23.0 Å². The number of hydrogen-bond acceptors (Lipinski definition) is 10. The standard InChI is InChI=1S/C39H48N4O9/c1-4-12-52-37(47)43-28-18-33(31(49-3)16-26(28)35(45)42-23-39(10-11-39)20-29(42)36(43)46)51-14-7-5-6-13-50-32-17-27-25(15-30(32)48-2)34(44)41-22-38(8-9-38)19-24(41)21-40-27/h4,15-18,24,29,36,40,46H,1,5-14,19-23H2,2-3H3/t24-,29-,36?/m0/s1. The molecule has 8 rings (SSSR count). The quantitative estimate of drug-likeness (QED) is 0.223. The van der Waals surface area contributed by atoms with Crippen molar-refractivity contribution in [1.29, 1.82) is 0 Å². The fraction of sp³-hybridized carbons (Fsp3) is 0.564. The molecule has 0 radical (unpaired) electrons. The van der Waals surface area contributed by atoms with Gasteiger partial charge in [0, 0.05) is 37.8 Å². The summed E-state index contributed by atoms with van der Waals surface area (Å²) in [6, 6.07) is 6.51. The number of fused-ring (bicyclic) bond motifs is 4. The molecule has 2 saturated heterocycles. The van der Waals surface area contributed by atoms with E-state index >= 15 is 0 Å². The normalized spacial score (nSPS) is 24.2. The van der Waals surface area contributed by atoms with Crippen molar-refractivity contribution in [3.05, 3.63) is 48.0 Å². The van der Waals surface area contributed by atoms with E-state index < -0.39 is 18.4 Å². The Bertz CT molecular complexity index is 1770. The van der Waals surface area contributed by atoms with Crippen LogP contribution in [0.3, 0.4) is 0 Å². The van der Waals surface area contributed by atoms with E-state index in [9.17, 15) is 19.5 Å². The predicted octanol–water partition coefficient (Wildman–Crippen LogP) is 5.21. The van der Waals surface area contributed by atoms with E-state index in [1.54, 1.807) is 30.2 Å². The van der Waals surface area contributed by atoms with Gasteiger partial charge in [-0.05, 0) is 80.8 Å². The van der Waals surface area contributed by atoms with Gasteiger partial charge < -0.3 is 43.9 Å². The number of methoxy groups -OCH3 is 2. The number of anilines is 2. The van der Waals surface area contributed by atoms with E-state index in [2.05, 4.69) is 11.9 Å². The first-order valence-electron chi connectivity index (χ1n) is 18.5. The molecule has 1 unspecified atom stereocenters. The molecule has 4 fully saturated rings. The molecule has 13 nitrogen and oxygen atoms in total. The van der Waals surface area contributed by atoms with Gasteiger partial charge in [-0.3, -0.25) is 9.59 Å². The van der Waals surface area contributed by atoms with Crippen molar-refractivity contribution in [2.24, 2.45) is 10.8 Å². The second-order valence-electron chi connectivity index (χ2n) is 15.4. The van der Waals surface area contributed by atoms with Gasteiger partial charge in [-0.2, -0.15) is 0 Å². The van der Waals surface area contributed by atoms with Gasteiger partial charge in [-0.25, -0.2) is 9.69 Å². The average Bonchev–Trinajstić information content (AvgIpc) is 4.03. The number of carbonyl (C=O) groups is 3.